The second-order valence-electron chi connectivity index (χ2n) is 5.21. The molecule has 0 aromatic carbocycles. The van der Waals surface area contributed by atoms with Gasteiger partial charge in [-0.15, -0.1) is 0 Å². The van der Waals surface area contributed by atoms with E-state index in [1.807, 2.05) is 0 Å². The van der Waals surface area contributed by atoms with E-state index < -0.39 is 4.92 Å². The zero-order valence-electron chi connectivity index (χ0n) is 12.3. The van der Waals surface area contributed by atoms with Gasteiger partial charge in [0, 0.05) is 18.7 Å². The van der Waals surface area contributed by atoms with E-state index in [4.69, 9.17) is 4.74 Å². The largest absolute Gasteiger partial charge is 0.378 e. The highest BCUT2D eigenvalue weighted by atomic mass is 16.6. The monoisotopic (exact) mass is 294 g/mol. The lowest BCUT2D eigenvalue weighted by atomic mass is 10.1. The smallest absolute Gasteiger partial charge is 0.290 e. The standard InChI is InChI=1S/C14H22N4O3/c1-11-9-14(17-10-13(11)18(19)20)16-5-2-8-21-12-3-6-15-7-4-12/h9-10,12,15H,2-8H2,1H3,(H,16,17). The van der Waals surface area contributed by atoms with Gasteiger partial charge in [0.25, 0.3) is 5.69 Å². The Morgan fingerprint density at radius 2 is 2.29 bits per heavy atom. The van der Waals surface area contributed by atoms with Crippen LogP contribution in [0.3, 0.4) is 0 Å². The van der Waals surface area contributed by atoms with E-state index in [-0.39, 0.29) is 5.69 Å². The predicted octanol–water partition coefficient (Wildman–Crippen LogP) is 1.87. The molecule has 0 unspecified atom stereocenters. The van der Waals surface area contributed by atoms with Crippen LogP contribution < -0.4 is 10.6 Å². The second kappa shape index (κ2) is 7.90. The molecule has 21 heavy (non-hydrogen) atoms. The molecule has 0 atom stereocenters. The van der Waals surface area contributed by atoms with Gasteiger partial charge in [0.05, 0.1) is 11.0 Å². The summed E-state index contributed by atoms with van der Waals surface area (Å²) in [5, 5.41) is 17.2. The van der Waals surface area contributed by atoms with Crippen LogP contribution in [0.2, 0.25) is 0 Å². The summed E-state index contributed by atoms with van der Waals surface area (Å²) < 4.78 is 5.81. The third kappa shape index (κ3) is 4.95. The van der Waals surface area contributed by atoms with Crippen LogP contribution in [0.5, 0.6) is 0 Å². The van der Waals surface area contributed by atoms with Crippen LogP contribution in [0, 0.1) is 17.0 Å². The molecule has 1 fully saturated rings. The quantitative estimate of drug-likeness (QED) is 0.453. The molecule has 2 rings (SSSR count). The summed E-state index contributed by atoms with van der Waals surface area (Å²) in [7, 11) is 0. The summed E-state index contributed by atoms with van der Waals surface area (Å²) >= 11 is 0. The van der Waals surface area contributed by atoms with Crippen LogP contribution >= 0.6 is 0 Å². The Hall–Kier alpha value is -1.73. The number of piperidine rings is 1. The first kappa shape index (κ1) is 15.7. The topological polar surface area (TPSA) is 89.3 Å². The summed E-state index contributed by atoms with van der Waals surface area (Å²) in [4.78, 5) is 14.3. The van der Waals surface area contributed by atoms with Crippen molar-refractivity contribution in [2.45, 2.75) is 32.3 Å². The molecule has 0 amide bonds. The highest BCUT2D eigenvalue weighted by Crippen LogP contribution is 2.18. The first-order chi connectivity index (χ1) is 10.2. The molecule has 7 heteroatoms. The SMILES string of the molecule is Cc1cc(NCCCOC2CCNCC2)ncc1[N+](=O)[O-]. The van der Waals surface area contributed by atoms with Crippen molar-refractivity contribution in [3.63, 3.8) is 0 Å². The van der Waals surface area contributed by atoms with Gasteiger partial charge in [0.2, 0.25) is 0 Å². The highest BCUT2D eigenvalue weighted by Gasteiger charge is 2.13. The van der Waals surface area contributed by atoms with E-state index in [2.05, 4.69) is 15.6 Å². The number of anilines is 1. The maximum absolute atomic E-state index is 10.7. The average molecular weight is 294 g/mol. The molecule has 0 radical (unpaired) electrons. The third-order valence-corrected chi connectivity index (χ3v) is 3.55. The van der Waals surface area contributed by atoms with Crippen molar-refractivity contribution < 1.29 is 9.66 Å². The fourth-order valence-corrected chi connectivity index (χ4v) is 2.34. The molecule has 0 aliphatic carbocycles. The van der Waals surface area contributed by atoms with Gasteiger partial charge in [-0.3, -0.25) is 10.1 Å². The van der Waals surface area contributed by atoms with Gasteiger partial charge in [0.1, 0.15) is 12.0 Å². The number of aromatic nitrogens is 1. The van der Waals surface area contributed by atoms with E-state index in [1.165, 1.54) is 6.20 Å². The van der Waals surface area contributed by atoms with Crippen molar-refractivity contribution in [1.82, 2.24) is 10.3 Å². The van der Waals surface area contributed by atoms with Crippen LogP contribution in [0.15, 0.2) is 12.3 Å². The van der Waals surface area contributed by atoms with Crippen molar-refractivity contribution in [3.8, 4) is 0 Å². The van der Waals surface area contributed by atoms with Gasteiger partial charge in [-0.2, -0.15) is 0 Å². The number of nitrogens with zero attached hydrogens (tertiary/aromatic N) is 2. The Balaban J connectivity index is 1.66. The number of hydrogen-bond donors (Lipinski definition) is 2. The fourth-order valence-electron chi connectivity index (χ4n) is 2.34. The lowest BCUT2D eigenvalue weighted by Crippen LogP contribution is -2.32. The third-order valence-electron chi connectivity index (χ3n) is 3.55. The first-order valence-electron chi connectivity index (χ1n) is 7.34. The Morgan fingerprint density at radius 1 is 1.52 bits per heavy atom. The number of aryl methyl sites for hydroxylation is 1. The van der Waals surface area contributed by atoms with E-state index in [1.54, 1.807) is 13.0 Å². The lowest BCUT2D eigenvalue weighted by molar-refractivity contribution is -0.385. The fraction of sp³-hybridized carbons (Fsp3) is 0.643. The molecule has 1 aromatic rings. The molecule has 116 valence electrons. The number of ether oxygens (including phenoxy) is 1. The summed E-state index contributed by atoms with van der Waals surface area (Å²) in [5.74, 6) is 0.667. The molecule has 7 nitrogen and oxygen atoms in total. The molecular formula is C14H22N4O3. The average Bonchev–Trinajstić information content (AvgIpc) is 2.47. The van der Waals surface area contributed by atoms with Crippen LogP contribution in [-0.2, 0) is 4.74 Å². The first-order valence-corrected chi connectivity index (χ1v) is 7.34. The number of nitrogens with one attached hydrogen (secondary N) is 2. The van der Waals surface area contributed by atoms with Crippen LogP contribution in [-0.4, -0.2) is 42.3 Å². The molecule has 1 aromatic heterocycles. The minimum absolute atomic E-state index is 0.0507. The Kier molecular flexibility index (Phi) is 5.89. The summed E-state index contributed by atoms with van der Waals surface area (Å²) in [6, 6.07) is 1.70. The van der Waals surface area contributed by atoms with Gasteiger partial charge < -0.3 is 15.4 Å². The molecule has 1 saturated heterocycles. The lowest BCUT2D eigenvalue weighted by Gasteiger charge is -2.22. The van der Waals surface area contributed by atoms with E-state index in [0.717, 1.165) is 45.5 Å². The minimum atomic E-state index is -0.418. The second-order valence-corrected chi connectivity index (χ2v) is 5.21. The normalized spacial score (nSPS) is 15.9. The molecule has 2 heterocycles. The summed E-state index contributed by atoms with van der Waals surface area (Å²) in [6.07, 6.45) is 4.73. The van der Waals surface area contributed by atoms with Crippen molar-refractivity contribution in [1.29, 1.82) is 0 Å². The highest BCUT2D eigenvalue weighted by molar-refractivity contribution is 5.46. The van der Waals surface area contributed by atoms with E-state index >= 15 is 0 Å². The van der Waals surface area contributed by atoms with Gasteiger partial charge in [-0.05, 0) is 45.3 Å². The van der Waals surface area contributed by atoms with Gasteiger partial charge in [-0.25, -0.2) is 4.98 Å². The van der Waals surface area contributed by atoms with Crippen LogP contribution in [0.4, 0.5) is 11.5 Å². The zero-order chi connectivity index (χ0) is 15.1. The molecule has 1 aliphatic rings. The number of pyridine rings is 1. The predicted molar refractivity (Wildman–Crippen MR) is 80.6 cm³/mol. The van der Waals surface area contributed by atoms with Crippen LogP contribution in [0.25, 0.3) is 0 Å². The van der Waals surface area contributed by atoms with Gasteiger partial charge in [-0.1, -0.05) is 0 Å². The number of rotatable bonds is 7. The maximum Gasteiger partial charge on any atom is 0.290 e. The molecular weight excluding hydrogens is 272 g/mol. The van der Waals surface area contributed by atoms with E-state index in [0.29, 0.717) is 17.5 Å². The zero-order valence-corrected chi connectivity index (χ0v) is 12.3. The molecule has 0 bridgehead atoms. The van der Waals surface area contributed by atoms with Gasteiger partial charge in [0.15, 0.2) is 0 Å². The molecule has 2 N–H and O–H groups in total. The summed E-state index contributed by atoms with van der Waals surface area (Å²) in [6.45, 7) is 5.26. The van der Waals surface area contributed by atoms with Crippen molar-refractivity contribution in [2.24, 2.45) is 0 Å². The Morgan fingerprint density at radius 3 is 2.95 bits per heavy atom. The minimum Gasteiger partial charge on any atom is -0.378 e. The van der Waals surface area contributed by atoms with Gasteiger partial charge >= 0.3 is 0 Å². The van der Waals surface area contributed by atoms with Crippen molar-refractivity contribution >= 4 is 11.5 Å². The maximum atomic E-state index is 10.7. The van der Waals surface area contributed by atoms with Crippen LogP contribution in [0.1, 0.15) is 24.8 Å². The van der Waals surface area contributed by atoms with Crippen molar-refractivity contribution in [2.75, 3.05) is 31.6 Å². The number of nitro groups is 1. The summed E-state index contributed by atoms with van der Waals surface area (Å²) in [5.41, 5.74) is 0.665. The Bertz CT molecular complexity index is 475. The Labute approximate surface area is 124 Å². The molecule has 1 aliphatic heterocycles. The molecule has 0 spiro atoms. The number of hydrogen-bond acceptors (Lipinski definition) is 6. The van der Waals surface area contributed by atoms with Crippen molar-refractivity contribution in [3.05, 3.63) is 27.9 Å². The molecule has 0 saturated carbocycles. The van der Waals surface area contributed by atoms with E-state index in [9.17, 15) is 10.1 Å².